The second kappa shape index (κ2) is 13.9. The van der Waals surface area contributed by atoms with Gasteiger partial charge in [0.05, 0.1) is 39.8 Å². The van der Waals surface area contributed by atoms with Crippen LogP contribution < -0.4 is 24.4 Å². The lowest BCUT2D eigenvalue weighted by molar-refractivity contribution is -0.278. The van der Waals surface area contributed by atoms with Crippen molar-refractivity contribution in [3.63, 3.8) is 0 Å². The van der Waals surface area contributed by atoms with E-state index in [4.69, 9.17) is 37.9 Å². The van der Waals surface area contributed by atoms with Crippen molar-refractivity contribution in [2.24, 2.45) is 0 Å². The number of benzene rings is 2. The number of fused-ring (bicyclic) bond motifs is 1. The van der Waals surface area contributed by atoms with Gasteiger partial charge in [0.2, 0.25) is 23.5 Å². The lowest BCUT2D eigenvalue weighted by atomic mass is 9.98. The quantitative estimate of drug-likeness (QED) is 0.128. The van der Waals surface area contributed by atoms with Gasteiger partial charge in [0, 0.05) is 11.6 Å². The molecule has 0 saturated carbocycles. The number of hydrogen-bond acceptors (Lipinski definition) is 16. The molecule has 0 radical (unpaired) electrons. The van der Waals surface area contributed by atoms with Crippen LogP contribution in [0.25, 0.3) is 22.3 Å². The third-order valence-corrected chi connectivity index (χ3v) is 7.27. The summed E-state index contributed by atoms with van der Waals surface area (Å²) in [6.45, 7) is 0.485. The highest BCUT2D eigenvalue weighted by Gasteiger charge is 2.46. The fourth-order valence-corrected chi connectivity index (χ4v) is 4.96. The molecule has 47 heavy (non-hydrogen) atoms. The number of hydrogen-bond donors (Lipinski definition) is 7. The predicted molar refractivity (Wildman–Crippen MR) is 157 cm³/mol. The minimum atomic E-state index is -1.91. The summed E-state index contributed by atoms with van der Waals surface area (Å²) in [7, 11) is 3.68. The first kappa shape index (κ1) is 35.1. The summed E-state index contributed by atoms with van der Waals surface area (Å²) in [4.78, 5) is 36.1. The molecular formula is C30H34O17. The number of methoxy groups -OCH3 is 3. The van der Waals surface area contributed by atoms with Crippen LogP contribution in [0.4, 0.5) is 0 Å². The van der Waals surface area contributed by atoms with Gasteiger partial charge in [-0.3, -0.25) is 14.4 Å². The van der Waals surface area contributed by atoms with Crippen LogP contribution in [0.3, 0.4) is 0 Å². The number of rotatable bonds is 12. The summed E-state index contributed by atoms with van der Waals surface area (Å²) < 4.78 is 37.7. The van der Waals surface area contributed by atoms with Crippen LogP contribution in [0, 0.1) is 0 Å². The van der Waals surface area contributed by atoms with Gasteiger partial charge in [-0.15, -0.1) is 0 Å². The Hall–Kier alpha value is -4.81. The number of phenols is 2. The van der Waals surface area contributed by atoms with Crippen LogP contribution in [0.2, 0.25) is 0 Å². The summed E-state index contributed by atoms with van der Waals surface area (Å²) in [5, 5.41) is 71.0. The van der Waals surface area contributed by atoms with Gasteiger partial charge in [0.15, 0.2) is 28.3 Å². The predicted octanol–water partition coefficient (Wildman–Crippen LogP) is 0.242. The van der Waals surface area contributed by atoms with Crippen molar-refractivity contribution in [1.29, 1.82) is 0 Å². The van der Waals surface area contributed by atoms with Gasteiger partial charge in [0.1, 0.15) is 42.2 Å². The topological polar surface area (TPSA) is 261 Å². The Labute approximate surface area is 265 Å². The standard InChI is InChI=1S/C30H34O17/c1-30(40,9-18(32)33)10-19(34)44-11-17-21(35)23(37)24(38)29(47-17)46-14-6-5-12(7-16(14)41-2)15-8-13(31)20-22(36)27(42-3)25(39)28(43-4)26(20)45-15/h5-8,17,21,23-24,29,35-40H,9-11H2,1-4H3,(H,32,33)/t17?,21-,23?,24?,29+,30?/m0/s1. The summed E-state index contributed by atoms with van der Waals surface area (Å²) in [6.07, 6.45) is -9.78. The zero-order valence-electron chi connectivity index (χ0n) is 25.5. The molecule has 0 aliphatic carbocycles. The van der Waals surface area contributed by atoms with Gasteiger partial charge in [-0.1, -0.05) is 0 Å². The van der Waals surface area contributed by atoms with Crippen LogP contribution >= 0.6 is 0 Å². The van der Waals surface area contributed by atoms with E-state index in [0.717, 1.165) is 13.0 Å². The van der Waals surface area contributed by atoms with Crippen molar-refractivity contribution in [2.75, 3.05) is 27.9 Å². The number of carboxylic acids is 1. The molecule has 256 valence electrons. The van der Waals surface area contributed by atoms with E-state index in [-0.39, 0.29) is 45.3 Å². The van der Waals surface area contributed by atoms with Gasteiger partial charge in [-0.2, -0.15) is 0 Å². The number of carbonyl (C=O) groups is 2. The molecule has 1 aliphatic rings. The van der Waals surface area contributed by atoms with Crippen LogP contribution in [0.1, 0.15) is 19.8 Å². The lowest BCUT2D eigenvalue weighted by Gasteiger charge is -2.40. The van der Waals surface area contributed by atoms with Crippen LogP contribution in [0.15, 0.2) is 33.5 Å². The Morgan fingerprint density at radius 3 is 2.19 bits per heavy atom. The Bertz CT molecular complexity index is 1700. The third-order valence-electron chi connectivity index (χ3n) is 7.27. The van der Waals surface area contributed by atoms with Gasteiger partial charge in [0.25, 0.3) is 0 Å². The molecule has 3 aromatic rings. The molecule has 1 fully saturated rings. The molecule has 6 atom stereocenters. The number of carbonyl (C=O) groups excluding carboxylic acids is 1. The van der Waals surface area contributed by atoms with E-state index in [1.54, 1.807) is 0 Å². The first-order chi connectivity index (χ1) is 22.1. The molecule has 0 amide bonds. The fourth-order valence-electron chi connectivity index (χ4n) is 4.96. The molecule has 0 spiro atoms. The van der Waals surface area contributed by atoms with E-state index in [9.17, 15) is 45.0 Å². The Kier molecular flexibility index (Phi) is 10.4. The van der Waals surface area contributed by atoms with Gasteiger partial charge in [-0.25, -0.2) is 0 Å². The van der Waals surface area contributed by atoms with Crippen molar-refractivity contribution in [1.82, 2.24) is 0 Å². The number of aromatic hydroxyl groups is 2. The summed E-state index contributed by atoms with van der Waals surface area (Å²) in [5.74, 6) is -4.30. The molecular weight excluding hydrogens is 632 g/mol. The van der Waals surface area contributed by atoms with Crippen molar-refractivity contribution >= 4 is 22.9 Å². The van der Waals surface area contributed by atoms with Crippen molar-refractivity contribution < 1.29 is 78.2 Å². The maximum atomic E-state index is 13.0. The summed E-state index contributed by atoms with van der Waals surface area (Å²) in [5.41, 5.74) is -2.61. The zero-order chi connectivity index (χ0) is 34.8. The highest BCUT2D eigenvalue weighted by molar-refractivity contribution is 5.95. The maximum absolute atomic E-state index is 13.0. The van der Waals surface area contributed by atoms with Crippen molar-refractivity contribution in [2.45, 2.75) is 56.1 Å². The third kappa shape index (κ3) is 7.28. The normalized spacial score (nSPS) is 22.3. The molecule has 1 aromatic heterocycles. The molecule has 7 N–H and O–H groups in total. The van der Waals surface area contributed by atoms with E-state index >= 15 is 0 Å². The average molecular weight is 667 g/mol. The summed E-state index contributed by atoms with van der Waals surface area (Å²) >= 11 is 0. The number of ether oxygens (including phenoxy) is 6. The van der Waals surface area contributed by atoms with Gasteiger partial charge >= 0.3 is 11.9 Å². The Balaban J connectivity index is 1.57. The van der Waals surface area contributed by atoms with Crippen molar-refractivity contribution in [3.05, 3.63) is 34.5 Å². The number of aliphatic carboxylic acids is 1. The smallest absolute Gasteiger partial charge is 0.308 e. The van der Waals surface area contributed by atoms with E-state index in [0.29, 0.717) is 0 Å². The monoisotopic (exact) mass is 666 g/mol. The van der Waals surface area contributed by atoms with Gasteiger partial charge < -0.3 is 68.6 Å². The van der Waals surface area contributed by atoms with Crippen LogP contribution in [0.5, 0.6) is 34.5 Å². The minimum absolute atomic E-state index is 0.0256. The second-order valence-corrected chi connectivity index (χ2v) is 10.9. The number of phenolic OH excluding ortho intramolecular Hbond substituents is 2. The Morgan fingerprint density at radius 2 is 1.57 bits per heavy atom. The summed E-state index contributed by atoms with van der Waals surface area (Å²) in [6, 6.07) is 5.25. The molecule has 1 saturated heterocycles. The van der Waals surface area contributed by atoms with E-state index in [2.05, 4.69) is 0 Å². The SMILES string of the molecule is COc1cc(-c2cc(=O)c3c(O)c(OC)c(O)c(OC)c3o2)ccc1O[C@@H]1OC(COC(=O)CC(C)(O)CC(=O)O)[C@H](O)C(O)C1O. The van der Waals surface area contributed by atoms with E-state index < -0.39 is 84.6 Å². The maximum Gasteiger partial charge on any atom is 0.308 e. The first-order valence-electron chi connectivity index (χ1n) is 13.9. The molecule has 1 aliphatic heterocycles. The number of aliphatic hydroxyl groups excluding tert-OH is 3. The van der Waals surface area contributed by atoms with E-state index in [1.165, 1.54) is 39.5 Å². The highest BCUT2D eigenvalue weighted by atomic mass is 16.7. The van der Waals surface area contributed by atoms with Gasteiger partial charge in [-0.05, 0) is 25.1 Å². The lowest BCUT2D eigenvalue weighted by Crippen LogP contribution is -2.60. The van der Waals surface area contributed by atoms with Crippen molar-refractivity contribution in [3.8, 4) is 45.8 Å². The molecule has 0 bridgehead atoms. The minimum Gasteiger partial charge on any atom is -0.504 e. The number of aliphatic hydroxyl groups is 4. The molecule has 4 unspecified atom stereocenters. The molecule has 4 rings (SSSR count). The Morgan fingerprint density at radius 1 is 0.894 bits per heavy atom. The van der Waals surface area contributed by atoms with E-state index in [1.807, 2.05) is 0 Å². The molecule has 2 aromatic carbocycles. The molecule has 17 heteroatoms. The number of carboxylic acid groups (broad SMARTS) is 1. The second-order valence-electron chi connectivity index (χ2n) is 10.9. The zero-order valence-corrected chi connectivity index (χ0v) is 25.5. The van der Waals surface area contributed by atoms with Crippen LogP contribution in [-0.4, -0.2) is 112 Å². The fraction of sp³-hybridized carbons (Fsp3) is 0.433. The largest absolute Gasteiger partial charge is 0.504 e. The number of esters is 1. The molecule has 17 nitrogen and oxygen atoms in total. The highest BCUT2D eigenvalue weighted by Crippen LogP contribution is 2.49. The first-order valence-corrected chi connectivity index (χ1v) is 13.9. The molecule has 2 heterocycles. The average Bonchev–Trinajstić information content (AvgIpc) is 3.00. The van der Waals surface area contributed by atoms with Crippen LogP contribution in [-0.2, 0) is 19.1 Å².